The molecule has 120 valence electrons. The molecule has 1 saturated heterocycles. The van der Waals surface area contributed by atoms with Crippen LogP contribution in [0.5, 0.6) is 0 Å². The maximum absolute atomic E-state index is 12.5. The lowest BCUT2D eigenvalue weighted by atomic mass is 9.99. The van der Waals surface area contributed by atoms with E-state index in [9.17, 15) is 14.7 Å². The van der Waals surface area contributed by atoms with Gasteiger partial charge in [0.15, 0.2) is 6.10 Å². The van der Waals surface area contributed by atoms with Crippen LogP contribution in [0.1, 0.15) is 31.9 Å². The Balaban J connectivity index is 2.32. The van der Waals surface area contributed by atoms with Crippen LogP contribution in [-0.4, -0.2) is 51.8 Å². The zero-order chi connectivity index (χ0) is 16.3. The summed E-state index contributed by atoms with van der Waals surface area (Å²) in [6.07, 6.45) is -1.98. The topological polar surface area (TPSA) is 87.1 Å². The molecule has 0 radical (unpaired) electrons. The number of rotatable bonds is 5. The highest BCUT2D eigenvalue weighted by atomic mass is 16.6. The summed E-state index contributed by atoms with van der Waals surface area (Å²) >= 11 is 0. The Morgan fingerprint density at radius 1 is 1.27 bits per heavy atom. The van der Waals surface area contributed by atoms with Gasteiger partial charge in [0.1, 0.15) is 6.04 Å². The first-order chi connectivity index (χ1) is 10.5. The number of morpholine rings is 1. The van der Waals surface area contributed by atoms with Gasteiger partial charge in [0, 0.05) is 6.42 Å². The van der Waals surface area contributed by atoms with E-state index in [1.165, 1.54) is 11.8 Å². The van der Waals surface area contributed by atoms with Crippen LogP contribution >= 0.6 is 0 Å². The molecule has 1 aliphatic heterocycles. The monoisotopic (exact) mass is 307 g/mol. The van der Waals surface area contributed by atoms with Crippen LogP contribution in [0.2, 0.25) is 0 Å². The smallest absolute Gasteiger partial charge is 0.329 e. The number of hydrogen-bond donors (Lipinski definition) is 2. The third-order valence-corrected chi connectivity index (χ3v) is 3.91. The second kappa shape index (κ2) is 6.89. The summed E-state index contributed by atoms with van der Waals surface area (Å²) in [5, 5.41) is 18.7. The van der Waals surface area contributed by atoms with E-state index in [1.54, 1.807) is 0 Å². The normalized spacial score (nSPS) is 24.8. The number of carbonyl (C=O) groups is 2. The number of nitrogens with zero attached hydrogens (tertiary/aromatic N) is 1. The van der Waals surface area contributed by atoms with Gasteiger partial charge in [-0.1, -0.05) is 30.3 Å². The maximum Gasteiger partial charge on any atom is 0.329 e. The van der Waals surface area contributed by atoms with Crippen LogP contribution < -0.4 is 0 Å². The Bertz CT molecular complexity index is 533. The van der Waals surface area contributed by atoms with Crippen LogP contribution in [0.15, 0.2) is 30.3 Å². The van der Waals surface area contributed by atoms with Crippen molar-refractivity contribution in [3.63, 3.8) is 0 Å². The van der Waals surface area contributed by atoms with Gasteiger partial charge in [0.25, 0.3) is 5.91 Å². The third kappa shape index (κ3) is 3.28. The van der Waals surface area contributed by atoms with Crippen molar-refractivity contribution in [1.82, 2.24) is 4.90 Å². The van der Waals surface area contributed by atoms with E-state index in [0.717, 1.165) is 5.56 Å². The van der Waals surface area contributed by atoms with E-state index in [1.807, 2.05) is 37.3 Å². The van der Waals surface area contributed by atoms with Gasteiger partial charge in [-0.05, 0) is 19.4 Å². The highest BCUT2D eigenvalue weighted by Gasteiger charge is 2.43. The van der Waals surface area contributed by atoms with Crippen molar-refractivity contribution in [1.29, 1.82) is 0 Å². The Labute approximate surface area is 129 Å². The van der Waals surface area contributed by atoms with Crippen LogP contribution in [0.25, 0.3) is 0 Å². The minimum Gasteiger partial charge on any atom is -0.451 e. The molecule has 0 aromatic heterocycles. The number of ether oxygens (including phenoxy) is 1. The number of aliphatic hydroxyl groups excluding tert-OH is 2. The summed E-state index contributed by atoms with van der Waals surface area (Å²) in [5.74, 6) is -0.853. The summed E-state index contributed by atoms with van der Waals surface area (Å²) in [4.78, 5) is 26.1. The molecule has 0 bridgehead atoms. The highest BCUT2D eigenvalue weighted by molar-refractivity contribution is 5.92. The molecule has 1 aliphatic rings. The number of hydrogen-bond acceptors (Lipinski definition) is 5. The van der Waals surface area contributed by atoms with E-state index in [4.69, 9.17) is 9.84 Å². The SMILES string of the molecule is C[C@@H]1OC(=O)[C@@H](C[C@@H](O)CO)N([C@@H](C)c2ccccc2)C1=O. The standard InChI is InChI=1S/C16H21NO5/c1-10(12-6-4-3-5-7-12)17-14(8-13(19)9-18)16(21)22-11(2)15(17)20/h3-7,10-11,13-14,18-19H,8-9H2,1-2H3/t10-,11-,13+,14+/m0/s1. The van der Waals surface area contributed by atoms with E-state index in [0.29, 0.717) is 0 Å². The quantitative estimate of drug-likeness (QED) is 0.779. The van der Waals surface area contributed by atoms with Crippen molar-refractivity contribution in [3.05, 3.63) is 35.9 Å². The lowest BCUT2D eigenvalue weighted by molar-refractivity contribution is -0.181. The van der Waals surface area contributed by atoms with Gasteiger partial charge in [-0.15, -0.1) is 0 Å². The van der Waals surface area contributed by atoms with Gasteiger partial charge in [0.05, 0.1) is 18.8 Å². The summed E-state index contributed by atoms with van der Waals surface area (Å²) in [7, 11) is 0. The van der Waals surface area contributed by atoms with Gasteiger partial charge in [-0.3, -0.25) is 4.79 Å². The molecule has 1 aromatic carbocycles. The first kappa shape index (κ1) is 16.5. The van der Waals surface area contributed by atoms with E-state index in [-0.39, 0.29) is 18.4 Å². The largest absolute Gasteiger partial charge is 0.451 e. The average molecular weight is 307 g/mol. The molecular formula is C16H21NO5. The van der Waals surface area contributed by atoms with Crippen LogP contribution in [0, 0.1) is 0 Å². The molecule has 1 heterocycles. The van der Waals surface area contributed by atoms with E-state index in [2.05, 4.69) is 0 Å². The van der Waals surface area contributed by atoms with E-state index < -0.39 is 30.8 Å². The molecule has 0 spiro atoms. The summed E-state index contributed by atoms with van der Waals surface area (Å²) < 4.78 is 5.05. The van der Waals surface area contributed by atoms with Crippen molar-refractivity contribution in [2.75, 3.05) is 6.61 Å². The molecule has 6 nitrogen and oxygen atoms in total. The number of cyclic esters (lactones) is 1. The average Bonchev–Trinajstić information content (AvgIpc) is 2.53. The number of benzene rings is 1. The lowest BCUT2D eigenvalue weighted by Crippen LogP contribution is -2.57. The van der Waals surface area contributed by atoms with Gasteiger partial charge >= 0.3 is 5.97 Å². The van der Waals surface area contributed by atoms with Crippen molar-refractivity contribution < 1.29 is 24.5 Å². The van der Waals surface area contributed by atoms with Gasteiger partial charge in [0.2, 0.25) is 0 Å². The first-order valence-corrected chi connectivity index (χ1v) is 7.32. The second-order valence-electron chi connectivity index (χ2n) is 5.50. The van der Waals surface area contributed by atoms with Gasteiger partial charge in [-0.2, -0.15) is 0 Å². The molecule has 0 saturated carbocycles. The van der Waals surface area contributed by atoms with Crippen LogP contribution in [0.3, 0.4) is 0 Å². The number of carbonyl (C=O) groups excluding carboxylic acids is 2. The second-order valence-corrected chi connectivity index (χ2v) is 5.50. The molecule has 2 rings (SSSR count). The molecule has 22 heavy (non-hydrogen) atoms. The molecule has 6 heteroatoms. The Kier molecular flexibility index (Phi) is 5.15. The maximum atomic E-state index is 12.5. The first-order valence-electron chi connectivity index (χ1n) is 7.32. The van der Waals surface area contributed by atoms with Crippen molar-refractivity contribution in [2.45, 2.75) is 44.6 Å². The molecule has 0 aliphatic carbocycles. The fourth-order valence-electron chi connectivity index (χ4n) is 2.68. The van der Waals surface area contributed by atoms with Crippen LogP contribution in [0.4, 0.5) is 0 Å². The summed E-state index contributed by atoms with van der Waals surface area (Å²) in [5.41, 5.74) is 0.890. The molecule has 1 amide bonds. The minimum absolute atomic E-state index is 0.0506. The minimum atomic E-state index is -1.08. The predicted molar refractivity (Wildman–Crippen MR) is 78.8 cm³/mol. The van der Waals surface area contributed by atoms with E-state index >= 15 is 0 Å². The fourth-order valence-corrected chi connectivity index (χ4v) is 2.68. The summed E-state index contributed by atoms with van der Waals surface area (Å²) in [6, 6.07) is 8.11. The molecule has 1 fully saturated rings. The van der Waals surface area contributed by atoms with Crippen LogP contribution in [-0.2, 0) is 14.3 Å². The fraction of sp³-hybridized carbons (Fsp3) is 0.500. The number of aliphatic hydroxyl groups is 2. The van der Waals surface area contributed by atoms with Gasteiger partial charge in [-0.25, -0.2) is 4.79 Å². The van der Waals surface area contributed by atoms with Crippen molar-refractivity contribution in [3.8, 4) is 0 Å². The zero-order valence-electron chi connectivity index (χ0n) is 12.7. The number of esters is 1. The van der Waals surface area contributed by atoms with Crippen molar-refractivity contribution in [2.24, 2.45) is 0 Å². The highest BCUT2D eigenvalue weighted by Crippen LogP contribution is 2.29. The lowest BCUT2D eigenvalue weighted by Gasteiger charge is -2.41. The molecule has 0 unspecified atom stereocenters. The number of amides is 1. The molecule has 1 aromatic rings. The van der Waals surface area contributed by atoms with Gasteiger partial charge < -0.3 is 19.8 Å². The molecule has 2 N–H and O–H groups in total. The van der Waals surface area contributed by atoms with Crippen molar-refractivity contribution >= 4 is 11.9 Å². The Morgan fingerprint density at radius 2 is 1.91 bits per heavy atom. The molecular weight excluding hydrogens is 286 g/mol. The zero-order valence-corrected chi connectivity index (χ0v) is 12.7. The third-order valence-electron chi connectivity index (χ3n) is 3.91. The Morgan fingerprint density at radius 3 is 2.50 bits per heavy atom. The summed E-state index contributed by atoms with van der Waals surface area (Å²) in [6.45, 7) is 2.89. The Hall–Kier alpha value is -1.92. The molecule has 4 atom stereocenters. The predicted octanol–water partition coefficient (Wildman–Crippen LogP) is 0.633.